The van der Waals surface area contributed by atoms with E-state index in [1.807, 2.05) is 6.92 Å². The van der Waals surface area contributed by atoms with Gasteiger partial charge >= 0.3 is 0 Å². The van der Waals surface area contributed by atoms with Gasteiger partial charge in [0.2, 0.25) is 0 Å². The van der Waals surface area contributed by atoms with Crippen molar-refractivity contribution in [3.05, 3.63) is 18.2 Å². The van der Waals surface area contributed by atoms with Crippen LogP contribution in [0.15, 0.2) is 28.0 Å². The Morgan fingerprint density at radius 2 is 1.71 bits per heavy atom. The Morgan fingerprint density at radius 3 is 2.14 bits per heavy atom. The van der Waals surface area contributed by atoms with E-state index in [1.54, 1.807) is 6.92 Å². The molecule has 0 spiro atoms. The third-order valence-electron chi connectivity index (χ3n) is 3.11. The summed E-state index contributed by atoms with van der Waals surface area (Å²) < 4.78 is 52.2. The van der Waals surface area contributed by atoms with Gasteiger partial charge in [-0.2, -0.15) is 0 Å². The molecule has 0 bridgehead atoms. The standard InChI is InChI=1S/C13H21NO5S2/c1-5-13(2,14)9-19-11-7-6-10(20(3,15)16)8-12(11)21(4,17)18/h6-8H,5,9,14H2,1-4H3. The van der Waals surface area contributed by atoms with E-state index in [2.05, 4.69) is 0 Å². The number of nitrogens with two attached hydrogens (primary N) is 1. The van der Waals surface area contributed by atoms with Crippen LogP contribution in [0.1, 0.15) is 20.3 Å². The van der Waals surface area contributed by atoms with Crippen LogP contribution in [0.3, 0.4) is 0 Å². The van der Waals surface area contributed by atoms with Crippen molar-refractivity contribution in [2.45, 2.75) is 35.6 Å². The van der Waals surface area contributed by atoms with Crippen molar-refractivity contribution in [3.8, 4) is 5.75 Å². The molecule has 6 nitrogen and oxygen atoms in total. The smallest absolute Gasteiger partial charge is 0.179 e. The van der Waals surface area contributed by atoms with Crippen LogP contribution in [-0.4, -0.2) is 41.5 Å². The normalized spacial score (nSPS) is 15.5. The minimum absolute atomic E-state index is 0.0683. The lowest BCUT2D eigenvalue weighted by Gasteiger charge is -2.23. The zero-order valence-corrected chi connectivity index (χ0v) is 14.2. The molecule has 1 aromatic carbocycles. The van der Waals surface area contributed by atoms with Gasteiger partial charge < -0.3 is 10.5 Å². The minimum atomic E-state index is -3.62. The first-order valence-corrected chi connectivity index (χ1v) is 10.1. The van der Waals surface area contributed by atoms with Gasteiger partial charge in [-0.1, -0.05) is 6.92 Å². The number of hydrogen-bond donors (Lipinski definition) is 1. The Kier molecular flexibility index (Phi) is 5.07. The maximum atomic E-state index is 11.8. The highest BCUT2D eigenvalue weighted by atomic mass is 32.2. The number of hydrogen-bond acceptors (Lipinski definition) is 6. The molecule has 0 saturated heterocycles. The average molecular weight is 335 g/mol. The molecular formula is C13H21NO5S2. The monoisotopic (exact) mass is 335 g/mol. The summed E-state index contributed by atoms with van der Waals surface area (Å²) in [7, 11) is -7.12. The van der Waals surface area contributed by atoms with Crippen LogP contribution in [0.5, 0.6) is 5.75 Å². The van der Waals surface area contributed by atoms with Crippen molar-refractivity contribution in [3.63, 3.8) is 0 Å². The second-order valence-electron chi connectivity index (χ2n) is 5.45. The van der Waals surface area contributed by atoms with Crippen LogP contribution in [0.2, 0.25) is 0 Å². The quantitative estimate of drug-likeness (QED) is 0.832. The molecule has 0 aromatic heterocycles. The Morgan fingerprint density at radius 1 is 1.14 bits per heavy atom. The fourth-order valence-corrected chi connectivity index (χ4v) is 3.03. The number of ether oxygens (including phenoxy) is 1. The number of benzene rings is 1. The molecule has 0 saturated carbocycles. The van der Waals surface area contributed by atoms with Crippen molar-refractivity contribution < 1.29 is 21.6 Å². The summed E-state index contributed by atoms with van der Waals surface area (Å²) in [5.41, 5.74) is 5.36. The van der Waals surface area contributed by atoms with Crippen LogP contribution >= 0.6 is 0 Å². The summed E-state index contributed by atoms with van der Waals surface area (Å²) >= 11 is 0. The average Bonchev–Trinajstić information content (AvgIpc) is 2.34. The van der Waals surface area contributed by atoms with Crippen LogP contribution in [-0.2, 0) is 19.7 Å². The van der Waals surface area contributed by atoms with E-state index >= 15 is 0 Å². The zero-order valence-electron chi connectivity index (χ0n) is 12.6. The summed E-state index contributed by atoms with van der Waals surface area (Å²) in [6, 6.07) is 3.78. The zero-order chi connectivity index (χ0) is 16.5. The molecule has 21 heavy (non-hydrogen) atoms. The van der Waals surface area contributed by atoms with Crippen molar-refractivity contribution in [1.29, 1.82) is 0 Å². The molecule has 0 aliphatic carbocycles. The molecule has 0 heterocycles. The van der Waals surface area contributed by atoms with E-state index in [0.29, 0.717) is 6.42 Å². The third kappa shape index (κ3) is 4.98. The van der Waals surface area contributed by atoms with E-state index in [0.717, 1.165) is 18.6 Å². The van der Waals surface area contributed by atoms with Crippen molar-refractivity contribution >= 4 is 19.7 Å². The van der Waals surface area contributed by atoms with E-state index in [9.17, 15) is 16.8 Å². The maximum absolute atomic E-state index is 11.8. The molecule has 0 radical (unpaired) electrons. The van der Waals surface area contributed by atoms with Crippen molar-refractivity contribution in [2.24, 2.45) is 5.73 Å². The van der Waals surface area contributed by atoms with Gasteiger partial charge in [-0.05, 0) is 31.5 Å². The topological polar surface area (TPSA) is 104 Å². The fraction of sp³-hybridized carbons (Fsp3) is 0.538. The molecule has 1 rings (SSSR count). The minimum Gasteiger partial charge on any atom is -0.490 e. The summed E-state index contributed by atoms with van der Waals surface area (Å²) in [4.78, 5) is -0.224. The molecular weight excluding hydrogens is 314 g/mol. The van der Waals surface area contributed by atoms with Gasteiger partial charge in [0.05, 0.1) is 4.90 Å². The molecule has 8 heteroatoms. The molecule has 1 aromatic rings. The Balaban J connectivity index is 3.28. The molecule has 0 fully saturated rings. The maximum Gasteiger partial charge on any atom is 0.179 e. The summed E-state index contributed by atoms with van der Waals surface area (Å²) in [6.07, 6.45) is 2.67. The van der Waals surface area contributed by atoms with Gasteiger partial charge in [0.25, 0.3) is 0 Å². The van der Waals surface area contributed by atoms with Gasteiger partial charge in [-0.25, -0.2) is 16.8 Å². The molecule has 0 amide bonds. The van der Waals surface area contributed by atoms with Gasteiger partial charge in [0.1, 0.15) is 17.3 Å². The lowest BCUT2D eigenvalue weighted by molar-refractivity contribution is 0.221. The second kappa shape index (κ2) is 5.94. The molecule has 0 aliphatic heterocycles. The first-order valence-electron chi connectivity index (χ1n) is 6.33. The first-order chi connectivity index (χ1) is 9.37. The van der Waals surface area contributed by atoms with Gasteiger partial charge in [0, 0.05) is 18.1 Å². The molecule has 0 aliphatic rings. The summed E-state index contributed by atoms with van der Waals surface area (Å²) in [5.74, 6) is 0.107. The highest BCUT2D eigenvalue weighted by Gasteiger charge is 2.22. The Hall–Kier alpha value is -1.12. The van der Waals surface area contributed by atoms with Crippen molar-refractivity contribution in [2.75, 3.05) is 19.1 Å². The van der Waals surface area contributed by atoms with Crippen molar-refractivity contribution in [1.82, 2.24) is 0 Å². The van der Waals surface area contributed by atoms with E-state index in [-0.39, 0.29) is 22.1 Å². The second-order valence-corrected chi connectivity index (χ2v) is 9.45. The fourth-order valence-electron chi connectivity index (χ4n) is 1.47. The lowest BCUT2D eigenvalue weighted by atomic mass is 10.0. The molecule has 1 unspecified atom stereocenters. The Labute approximate surface area is 126 Å². The van der Waals surface area contributed by atoms with E-state index in [4.69, 9.17) is 10.5 Å². The third-order valence-corrected chi connectivity index (χ3v) is 5.34. The highest BCUT2D eigenvalue weighted by Crippen LogP contribution is 2.27. The molecule has 120 valence electrons. The Bertz CT molecular complexity index is 721. The molecule has 1 atom stereocenters. The number of rotatable bonds is 6. The van der Waals surface area contributed by atoms with E-state index in [1.165, 1.54) is 12.1 Å². The van der Waals surface area contributed by atoms with Crippen LogP contribution < -0.4 is 10.5 Å². The lowest BCUT2D eigenvalue weighted by Crippen LogP contribution is -2.41. The van der Waals surface area contributed by atoms with Crippen LogP contribution in [0.25, 0.3) is 0 Å². The van der Waals surface area contributed by atoms with Gasteiger partial charge in [-0.15, -0.1) is 0 Å². The summed E-state index contributed by atoms with van der Waals surface area (Å²) in [5, 5.41) is 0. The predicted molar refractivity (Wildman–Crippen MR) is 81.0 cm³/mol. The predicted octanol–water partition coefficient (Wildman–Crippen LogP) is 1.000. The largest absolute Gasteiger partial charge is 0.490 e. The summed E-state index contributed by atoms with van der Waals surface area (Å²) in [6.45, 7) is 3.82. The SMILES string of the molecule is CCC(C)(N)COc1ccc(S(C)(=O)=O)cc1S(C)(=O)=O. The van der Waals surface area contributed by atoms with E-state index < -0.39 is 25.2 Å². The molecule has 2 N–H and O–H groups in total. The van der Waals surface area contributed by atoms with Gasteiger partial charge in [-0.3, -0.25) is 0 Å². The van der Waals surface area contributed by atoms with Crippen LogP contribution in [0, 0.1) is 0 Å². The number of sulfone groups is 2. The van der Waals surface area contributed by atoms with Gasteiger partial charge in [0.15, 0.2) is 19.7 Å². The first kappa shape index (κ1) is 17.9. The highest BCUT2D eigenvalue weighted by molar-refractivity contribution is 7.91. The van der Waals surface area contributed by atoms with Crippen LogP contribution in [0.4, 0.5) is 0 Å².